The van der Waals surface area contributed by atoms with Crippen LogP contribution in [-0.2, 0) is 14.9 Å². The number of carbonyl (C=O) groups excluding carboxylic acids is 1. The van der Waals surface area contributed by atoms with Crippen molar-refractivity contribution in [1.82, 2.24) is 9.97 Å². The normalized spacial score (nSPS) is 19.5. The average molecular weight is 456 g/mol. The number of aromatic nitrogens is 2. The molecule has 4 rings (SSSR count). The second-order valence-corrected chi connectivity index (χ2v) is 10.3. The first-order valence-corrected chi connectivity index (χ1v) is 11.4. The highest BCUT2D eigenvalue weighted by Gasteiger charge is 2.63. The van der Waals surface area contributed by atoms with E-state index in [0.717, 1.165) is 11.4 Å². The standard InChI is InChI=1S/C28H29N3O3/c1-27(2,3)26-30-16-19(17-31-26)23-24(28(23,4)5)25(32)34-22(15-29)18-10-9-13-21(14-18)33-20-11-7-6-8-12-20/h6-14,16-17,22-24H,1-5H3. The number of ether oxygens (including phenoxy) is 2. The van der Waals surface area contributed by atoms with Crippen LogP contribution in [0.4, 0.5) is 0 Å². The van der Waals surface area contributed by atoms with Crippen LogP contribution in [0.5, 0.6) is 11.5 Å². The number of esters is 1. The van der Waals surface area contributed by atoms with E-state index in [2.05, 4.69) is 36.8 Å². The summed E-state index contributed by atoms with van der Waals surface area (Å²) in [7, 11) is 0. The smallest absolute Gasteiger partial charge is 0.311 e. The highest BCUT2D eigenvalue weighted by atomic mass is 16.5. The molecule has 0 amide bonds. The van der Waals surface area contributed by atoms with Crippen molar-refractivity contribution < 1.29 is 14.3 Å². The first-order valence-electron chi connectivity index (χ1n) is 11.4. The molecule has 3 aromatic rings. The summed E-state index contributed by atoms with van der Waals surface area (Å²) in [5, 5.41) is 9.74. The van der Waals surface area contributed by atoms with Crippen LogP contribution in [0.25, 0.3) is 0 Å². The van der Waals surface area contributed by atoms with Crippen molar-refractivity contribution in [2.75, 3.05) is 0 Å². The van der Waals surface area contributed by atoms with Gasteiger partial charge in [0.15, 0.2) is 0 Å². The lowest BCUT2D eigenvalue weighted by atomic mass is 9.95. The minimum Gasteiger partial charge on any atom is -0.457 e. The molecule has 1 saturated carbocycles. The van der Waals surface area contributed by atoms with Crippen LogP contribution in [0.2, 0.25) is 0 Å². The van der Waals surface area contributed by atoms with Crippen LogP contribution in [0.1, 0.15) is 63.6 Å². The lowest BCUT2D eigenvalue weighted by Gasteiger charge is -2.16. The number of benzene rings is 2. The van der Waals surface area contributed by atoms with E-state index in [4.69, 9.17) is 9.47 Å². The van der Waals surface area contributed by atoms with Crippen LogP contribution >= 0.6 is 0 Å². The Morgan fingerprint density at radius 1 is 1.03 bits per heavy atom. The van der Waals surface area contributed by atoms with Gasteiger partial charge < -0.3 is 9.47 Å². The van der Waals surface area contributed by atoms with Gasteiger partial charge in [0.1, 0.15) is 23.4 Å². The Morgan fingerprint density at radius 2 is 1.68 bits per heavy atom. The van der Waals surface area contributed by atoms with Crippen molar-refractivity contribution in [3.05, 3.63) is 83.9 Å². The molecule has 0 aliphatic heterocycles. The van der Waals surface area contributed by atoms with E-state index in [1.165, 1.54) is 0 Å². The second kappa shape index (κ2) is 8.90. The van der Waals surface area contributed by atoms with E-state index in [9.17, 15) is 10.1 Å². The van der Waals surface area contributed by atoms with Gasteiger partial charge in [-0.1, -0.05) is 65.0 Å². The van der Waals surface area contributed by atoms with Gasteiger partial charge in [-0.3, -0.25) is 4.79 Å². The summed E-state index contributed by atoms with van der Waals surface area (Å²) >= 11 is 0. The third-order valence-corrected chi connectivity index (χ3v) is 6.27. The fraction of sp³-hybridized carbons (Fsp3) is 0.357. The minimum absolute atomic E-state index is 0.0545. The van der Waals surface area contributed by atoms with Crippen LogP contribution < -0.4 is 4.74 Å². The first-order chi connectivity index (χ1) is 16.1. The van der Waals surface area contributed by atoms with E-state index in [1.54, 1.807) is 36.7 Å². The number of nitrogens with zero attached hydrogens (tertiary/aromatic N) is 3. The van der Waals surface area contributed by atoms with Gasteiger partial charge in [0.2, 0.25) is 6.10 Å². The lowest BCUT2D eigenvalue weighted by Crippen LogP contribution is -2.16. The molecule has 6 heteroatoms. The third-order valence-electron chi connectivity index (χ3n) is 6.27. The minimum atomic E-state index is -1.02. The van der Waals surface area contributed by atoms with E-state index in [0.29, 0.717) is 17.1 Å². The Labute approximate surface area is 200 Å². The zero-order valence-corrected chi connectivity index (χ0v) is 20.1. The van der Waals surface area contributed by atoms with Gasteiger partial charge in [-0.2, -0.15) is 5.26 Å². The summed E-state index contributed by atoms with van der Waals surface area (Å²) in [4.78, 5) is 22.1. The third kappa shape index (κ3) is 4.79. The van der Waals surface area contributed by atoms with Crippen molar-refractivity contribution >= 4 is 5.97 Å². The summed E-state index contributed by atoms with van der Waals surface area (Å²) in [5.41, 5.74) is 1.03. The molecule has 1 aromatic heterocycles. The number of para-hydroxylation sites is 1. The molecule has 3 unspecified atom stereocenters. The molecule has 1 heterocycles. The van der Waals surface area contributed by atoms with Gasteiger partial charge in [0, 0.05) is 29.3 Å². The van der Waals surface area contributed by atoms with Crippen LogP contribution in [0.15, 0.2) is 67.0 Å². The maximum Gasteiger partial charge on any atom is 0.311 e. The summed E-state index contributed by atoms with van der Waals surface area (Å²) < 4.78 is 11.5. The Morgan fingerprint density at radius 3 is 2.29 bits per heavy atom. The van der Waals surface area contributed by atoms with Crippen molar-refractivity contribution in [2.45, 2.75) is 52.1 Å². The number of hydrogen-bond donors (Lipinski definition) is 0. The molecule has 0 radical (unpaired) electrons. The van der Waals surface area contributed by atoms with Crippen molar-refractivity contribution in [3.8, 4) is 17.6 Å². The monoisotopic (exact) mass is 455 g/mol. The van der Waals surface area contributed by atoms with Crippen LogP contribution in [0.3, 0.4) is 0 Å². The van der Waals surface area contributed by atoms with Gasteiger partial charge in [-0.25, -0.2) is 9.97 Å². The number of nitriles is 1. The van der Waals surface area contributed by atoms with Crippen LogP contribution in [-0.4, -0.2) is 15.9 Å². The van der Waals surface area contributed by atoms with E-state index in [1.807, 2.05) is 44.2 Å². The fourth-order valence-corrected chi connectivity index (χ4v) is 4.31. The highest BCUT2D eigenvalue weighted by Crippen LogP contribution is 2.64. The molecule has 2 aromatic carbocycles. The summed E-state index contributed by atoms with van der Waals surface area (Å²) in [6.07, 6.45) is 2.59. The highest BCUT2D eigenvalue weighted by molar-refractivity contribution is 5.80. The van der Waals surface area contributed by atoms with Gasteiger partial charge in [-0.05, 0) is 35.2 Å². The van der Waals surface area contributed by atoms with E-state index < -0.39 is 12.1 Å². The van der Waals surface area contributed by atoms with Crippen molar-refractivity contribution in [2.24, 2.45) is 11.3 Å². The molecule has 1 aliphatic rings. The van der Waals surface area contributed by atoms with Crippen molar-refractivity contribution in [3.63, 3.8) is 0 Å². The maximum atomic E-state index is 13.1. The maximum absolute atomic E-state index is 13.1. The summed E-state index contributed by atoms with van der Waals surface area (Å²) in [6, 6.07) is 18.5. The quantitative estimate of drug-likeness (QED) is 0.417. The molecule has 0 saturated heterocycles. The molecule has 6 nitrogen and oxygen atoms in total. The predicted octanol–water partition coefficient (Wildman–Crippen LogP) is 6.11. The zero-order chi connectivity index (χ0) is 24.5. The zero-order valence-electron chi connectivity index (χ0n) is 20.1. The molecular formula is C28H29N3O3. The Hall–Kier alpha value is -3.72. The Bertz CT molecular complexity index is 1210. The SMILES string of the molecule is CC(C)(C)c1ncc(C2C(C(=O)OC(C#N)c3cccc(Oc4ccccc4)c3)C2(C)C)cn1. The first kappa shape index (κ1) is 23.4. The van der Waals surface area contributed by atoms with Crippen LogP contribution in [0, 0.1) is 22.7 Å². The predicted molar refractivity (Wildman–Crippen MR) is 128 cm³/mol. The lowest BCUT2D eigenvalue weighted by molar-refractivity contribution is -0.149. The molecule has 3 atom stereocenters. The van der Waals surface area contributed by atoms with Gasteiger partial charge in [0.05, 0.1) is 5.92 Å². The molecule has 0 N–H and O–H groups in total. The molecule has 174 valence electrons. The molecule has 0 spiro atoms. The topological polar surface area (TPSA) is 85.1 Å². The largest absolute Gasteiger partial charge is 0.457 e. The molecule has 1 aliphatic carbocycles. The Balaban J connectivity index is 1.47. The molecular weight excluding hydrogens is 426 g/mol. The fourth-order valence-electron chi connectivity index (χ4n) is 4.31. The van der Waals surface area contributed by atoms with Crippen molar-refractivity contribution in [1.29, 1.82) is 5.26 Å². The van der Waals surface area contributed by atoms with Gasteiger partial charge >= 0.3 is 5.97 Å². The molecule has 1 fully saturated rings. The second-order valence-electron chi connectivity index (χ2n) is 10.3. The van der Waals surface area contributed by atoms with E-state index >= 15 is 0 Å². The number of carbonyl (C=O) groups is 1. The van der Waals surface area contributed by atoms with Gasteiger partial charge in [-0.15, -0.1) is 0 Å². The number of hydrogen-bond acceptors (Lipinski definition) is 6. The van der Waals surface area contributed by atoms with E-state index in [-0.39, 0.29) is 22.7 Å². The average Bonchev–Trinajstić information content (AvgIpc) is 3.39. The summed E-state index contributed by atoms with van der Waals surface area (Å²) in [6.45, 7) is 10.2. The Kier molecular flexibility index (Phi) is 6.14. The summed E-state index contributed by atoms with van der Waals surface area (Å²) in [5.74, 6) is 1.21. The molecule has 34 heavy (non-hydrogen) atoms. The van der Waals surface area contributed by atoms with Gasteiger partial charge in [0.25, 0.3) is 0 Å². The molecule has 0 bridgehead atoms. The number of rotatable bonds is 6.